The maximum atomic E-state index is 12.0. The summed E-state index contributed by atoms with van der Waals surface area (Å²) in [5.41, 5.74) is 1.74. The van der Waals surface area contributed by atoms with Gasteiger partial charge < -0.3 is 9.64 Å². The molecule has 0 unspecified atom stereocenters. The molecule has 1 N–H and O–H groups in total. The van der Waals surface area contributed by atoms with Crippen molar-refractivity contribution in [2.24, 2.45) is 0 Å². The highest BCUT2D eigenvalue weighted by molar-refractivity contribution is 7.80. The average Bonchev–Trinajstić information content (AvgIpc) is 2.60. The zero-order chi connectivity index (χ0) is 16.7. The monoisotopic (exact) mass is 326 g/mol. The number of amides is 1. The van der Waals surface area contributed by atoms with E-state index in [0.717, 1.165) is 11.3 Å². The van der Waals surface area contributed by atoms with E-state index in [4.69, 9.17) is 17.0 Å². The number of carbonyl (C=O) groups is 1. The number of rotatable bonds is 4. The van der Waals surface area contributed by atoms with E-state index in [1.165, 1.54) is 6.08 Å². The molecule has 23 heavy (non-hydrogen) atoms. The molecule has 118 valence electrons. The first kappa shape index (κ1) is 16.7. The maximum Gasteiger partial charge on any atom is 0.250 e. The molecular formula is C18H18N2O2S. The molecule has 0 aliphatic carbocycles. The quantitative estimate of drug-likeness (QED) is 0.692. The van der Waals surface area contributed by atoms with Gasteiger partial charge >= 0.3 is 0 Å². The van der Waals surface area contributed by atoms with Gasteiger partial charge in [0.15, 0.2) is 5.11 Å². The molecule has 0 spiro atoms. The van der Waals surface area contributed by atoms with Gasteiger partial charge in [-0.3, -0.25) is 10.1 Å². The Morgan fingerprint density at radius 3 is 2.48 bits per heavy atom. The molecule has 4 nitrogen and oxygen atoms in total. The fourth-order valence-electron chi connectivity index (χ4n) is 1.97. The molecule has 2 rings (SSSR count). The molecule has 5 heteroatoms. The number of anilines is 1. The van der Waals surface area contributed by atoms with Crippen molar-refractivity contribution in [2.45, 2.75) is 0 Å². The molecule has 0 radical (unpaired) electrons. The third-order valence-electron chi connectivity index (χ3n) is 3.23. The molecule has 0 aromatic heterocycles. The van der Waals surface area contributed by atoms with Gasteiger partial charge in [0, 0.05) is 24.4 Å². The van der Waals surface area contributed by atoms with Crippen molar-refractivity contribution in [1.82, 2.24) is 5.32 Å². The van der Waals surface area contributed by atoms with Crippen LogP contribution < -0.4 is 15.0 Å². The fourth-order valence-corrected chi connectivity index (χ4v) is 2.18. The van der Waals surface area contributed by atoms with E-state index in [0.29, 0.717) is 10.9 Å². The van der Waals surface area contributed by atoms with E-state index in [-0.39, 0.29) is 5.91 Å². The number of hydrogen-bond donors (Lipinski definition) is 1. The summed E-state index contributed by atoms with van der Waals surface area (Å²) in [5, 5.41) is 3.02. The highest BCUT2D eigenvalue weighted by atomic mass is 32.1. The molecule has 0 fully saturated rings. The first-order chi connectivity index (χ1) is 11.1. The average molecular weight is 326 g/mol. The van der Waals surface area contributed by atoms with Crippen LogP contribution in [-0.4, -0.2) is 25.2 Å². The van der Waals surface area contributed by atoms with E-state index in [1.807, 2.05) is 61.6 Å². The minimum absolute atomic E-state index is 0.288. The van der Waals surface area contributed by atoms with Crippen LogP contribution in [0.4, 0.5) is 5.69 Å². The smallest absolute Gasteiger partial charge is 0.250 e. The van der Waals surface area contributed by atoms with Crippen LogP contribution in [0.15, 0.2) is 60.7 Å². The largest absolute Gasteiger partial charge is 0.496 e. The van der Waals surface area contributed by atoms with Crippen molar-refractivity contribution in [3.63, 3.8) is 0 Å². The van der Waals surface area contributed by atoms with Gasteiger partial charge in [-0.2, -0.15) is 0 Å². The predicted octanol–water partition coefficient (Wildman–Crippen LogP) is 3.25. The summed E-state index contributed by atoms with van der Waals surface area (Å²) in [6.45, 7) is 0. The Morgan fingerprint density at radius 1 is 1.13 bits per heavy atom. The molecule has 0 heterocycles. The van der Waals surface area contributed by atoms with E-state index in [1.54, 1.807) is 18.1 Å². The standard InChI is InChI=1S/C18H18N2O2S/c1-20(15-9-4-3-5-10-15)18(23)19-17(21)13-12-14-8-6-7-11-16(14)22-2/h3-13H,1-2H3,(H,19,21,23)/b13-12+. The number of nitrogens with one attached hydrogen (secondary N) is 1. The number of hydrogen-bond acceptors (Lipinski definition) is 3. The van der Waals surface area contributed by atoms with Gasteiger partial charge in [-0.15, -0.1) is 0 Å². The molecule has 0 atom stereocenters. The number of methoxy groups -OCH3 is 1. The Morgan fingerprint density at radius 2 is 1.78 bits per heavy atom. The van der Waals surface area contributed by atoms with E-state index < -0.39 is 0 Å². The first-order valence-electron chi connectivity index (χ1n) is 7.06. The van der Waals surface area contributed by atoms with Gasteiger partial charge in [-0.1, -0.05) is 36.4 Å². The van der Waals surface area contributed by atoms with Gasteiger partial charge in [0.05, 0.1) is 7.11 Å². The highest BCUT2D eigenvalue weighted by Gasteiger charge is 2.08. The molecule has 0 aliphatic heterocycles. The van der Waals surface area contributed by atoms with Crippen LogP contribution >= 0.6 is 12.2 Å². The summed E-state index contributed by atoms with van der Waals surface area (Å²) < 4.78 is 5.24. The third-order valence-corrected chi connectivity index (χ3v) is 3.61. The van der Waals surface area contributed by atoms with Gasteiger partial charge in [-0.05, 0) is 36.5 Å². The van der Waals surface area contributed by atoms with Gasteiger partial charge in [0.25, 0.3) is 0 Å². The van der Waals surface area contributed by atoms with Crippen LogP contribution in [0.5, 0.6) is 5.75 Å². The minimum Gasteiger partial charge on any atom is -0.496 e. The van der Waals surface area contributed by atoms with Crippen molar-refractivity contribution in [1.29, 1.82) is 0 Å². The van der Waals surface area contributed by atoms with E-state index in [2.05, 4.69) is 5.32 Å². The van der Waals surface area contributed by atoms with Crippen molar-refractivity contribution < 1.29 is 9.53 Å². The Bertz CT molecular complexity index is 714. The summed E-state index contributed by atoms with van der Waals surface area (Å²) in [4.78, 5) is 13.7. The Kier molecular flexibility index (Phi) is 5.88. The zero-order valence-electron chi connectivity index (χ0n) is 13.0. The minimum atomic E-state index is -0.288. The summed E-state index contributed by atoms with van der Waals surface area (Å²) >= 11 is 5.25. The summed E-state index contributed by atoms with van der Waals surface area (Å²) in [6, 6.07) is 17.1. The lowest BCUT2D eigenvalue weighted by Crippen LogP contribution is -2.39. The molecule has 0 aliphatic rings. The number of nitrogens with zero attached hydrogens (tertiary/aromatic N) is 1. The second-order valence-corrected chi connectivity index (χ2v) is 5.15. The number of benzene rings is 2. The lowest BCUT2D eigenvalue weighted by molar-refractivity contribution is -0.115. The van der Waals surface area contributed by atoms with Crippen LogP contribution in [0.3, 0.4) is 0 Å². The molecule has 0 saturated carbocycles. The highest BCUT2D eigenvalue weighted by Crippen LogP contribution is 2.18. The lowest BCUT2D eigenvalue weighted by atomic mass is 10.2. The summed E-state index contributed by atoms with van der Waals surface area (Å²) in [5.74, 6) is 0.421. The van der Waals surface area contributed by atoms with Crippen LogP contribution in [0.2, 0.25) is 0 Å². The van der Waals surface area contributed by atoms with Crippen molar-refractivity contribution in [2.75, 3.05) is 19.1 Å². The zero-order valence-corrected chi connectivity index (χ0v) is 13.8. The third kappa shape index (κ3) is 4.66. The van der Waals surface area contributed by atoms with Gasteiger partial charge in [-0.25, -0.2) is 0 Å². The second kappa shape index (κ2) is 8.10. The van der Waals surface area contributed by atoms with Crippen molar-refractivity contribution in [3.8, 4) is 5.75 Å². The second-order valence-electron chi connectivity index (χ2n) is 4.76. The Hall–Kier alpha value is -2.66. The molecular weight excluding hydrogens is 308 g/mol. The molecule has 1 amide bonds. The van der Waals surface area contributed by atoms with E-state index in [9.17, 15) is 4.79 Å². The SMILES string of the molecule is COc1ccccc1/C=C/C(=O)NC(=S)N(C)c1ccccc1. The fraction of sp³-hybridized carbons (Fsp3) is 0.111. The Balaban J connectivity index is 1.99. The van der Waals surface area contributed by atoms with E-state index >= 15 is 0 Å². The molecule has 2 aromatic carbocycles. The summed E-state index contributed by atoms with van der Waals surface area (Å²) in [7, 11) is 3.40. The predicted molar refractivity (Wildman–Crippen MR) is 97.6 cm³/mol. The van der Waals surface area contributed by atoms with Crippen LogP contribution in [0.25, 0.3) is 6.08 Å². The van der Waals surface area contributed by atoms with Crippen molar-refractivity contribution >= 4 is 35.0 Å². The summed E-state index contributed by atoms with van der Waals surface area (Å²) in [6.07, 6.45) is 3.13. The van der Waals surface area contributed by atoms with Gasteiger partial charge in [0.1, 0.15) is 5.75 Å². The lowest BCUT2D eigenvalue weighted by Gasteiger charge is -2.19. The molecule has 0 bridgehead atoms. The first-order valence-corrected chi connectivity index (χ1v) is 7.47. The van der Waals surface area contributed by atoms with Gasteiger partial charge in [0.2, 0.25) is 5.91 Å². The van der Waals surface area contributed by atoms with Crippen molar-refractivity contribution in [3.05, 3.63) is 66.2 Å². The normalized spacial score (nSPS) is 10.3. The van der Waals surface area contributed by atoms with Crippen LogP contribution in [0, 0.1) is 0 Å². The Labute approximate surface area is 141 Å². The number of carbonyl (C=O) groups excluding carboxylic acids is 1. The van der Waals surface area contributed by atoms with Crippen LogP contribution in [0.1, 0.15) is 5.56 Å². The molecule has 2 aromatic rings. The number of ether oxygens (including phenoxy) is 1. The molecule has 0 saturated heterocycles. The number of thiocarbonyl (C=S) groups is 1. The van der Waals surface area contributed by atoms with Crippen LogP contribution in [-0.2, 0) is 4.79 Å². The maximum absolute atomic E-state index is 12.0. The number of para-hydroxylation sites is 2. The topological polar surface area (TPSA) is 41.6 Å².